The molecule has 6 rings (SSSR count). The van der Waals surface area contributed by atoms with E-state index >= 15 is 0 Å². The summed E-state index contributed by atoms with van der Waals surface area (Å²) in [5.74, 6) is -2.75. The maximum Gasteiger partial charge on any atom is 0.335 e. The van der Waals surface area contributed by atoms with Crippen molar-refractivity contribution in [3.63, 3.8) is 0 Å². The van der Waals surface area contributed by atoms with Crippen LogP contribution in [0.15, 0.2) is 108 Å². The summed E-state index contributed by atoms with van der Waals surface area (Å²) in [6.45, 7) is 9.12. The normalized spacial score (nSPS) is 18.8. The summed E-state index contributed by atoms with van der Waals surface area (Å²) < 4.78 is 66.8. The summed E-state index contributed by atoms with van der Waals surface area (Å²) in [7, 11) is -8.23. The second-order valence-electron chi connectivity index (χ2n) is 16.7. The Morgan fingerprint density at radius 1 is 0.733 bits per heavy atom. The highest BCUT2D eigenvalue weighted by Crippen LogP contribution is 2.49. The van der Waals surface area contributed by atoms with Gasteiger partial charge in [0, 0.05) is 47.5 Å². The minimum Gasteiger partial charge on any atom is -0.478 e. The number of rotatable bonds is 16. The van der Waals surface area contributed by atoms with E-state index in [0.717, 1.165) is 75.5 Å². The topological polar surface area (TPSA) is 190 Å². The lowest BCUT2D eigenvalue weighted by atomic mass is 9.79. The second-order valence-corrected chi connectivity index (χ2v) is 19.8. The molecule has 0 unspecified atom stereocenters. The lowest BCUT2D eigenvalue weighted by Gasteiger charge is -2.28. The zero-order valence-electron chi connectivity index (χ0n) is 34.4. The van der Waals surface area contributed by atoms with Crippen LogP contribution in [-0.4, -0.2) is 83.0 Å². The summed E-state index contributed by atoms with van der Waals surface area (Å²) in [5.41, 5.74) is 8.76. The molecule has 2 aliphatic heterocycles. The summed E-state index contributed by atoms with van der Waals surface area (Å²) in [5, 5.41) is 19.7. The molecule has 0 saturated heterocycles. The number of hydrogen-bond donors (Lipinski definition) is 4. The van der Waals surface area contributed by atoms with Crippen molar-refractivity contribution >= 4 is 54.8 Å². The van der Waals surface area contributed by atoms with Crippen molar-refractivity contribution in [2.24, 2.45) is 0 Å². The van der Waals surface area contributed by atoms with E-state index in [-0.39, 0.29) is 35.5 Å². The summed E-state index contributed by atoms with van der Waals surface area (Å²) in [6, 6.07) is 20.3. The highest BCUT2D eigenvalue weighted by atomic mass is 32.2. The fourth-order valence-corrected chi connectivity index (χ4v) is 9.94. The molecule has 0 spiro atoms. The van der Waals surface area contributed by atoms with Crippen molar-refractivity contribution in [2.75, 3.05) is 29.5 Å². The molecule has 14 heteroatoms. The third-order valence-corrected chi connectivity index (χ3v) is 13.4. The number of aromatic carboxylic acids is 2. The predicted molar refractivity (Wildman–Crippen MR) is 234 cm³/mol. The fraction of sp³-hybridized carbons (Fsp3) is 0.370. The van der Waals surface area contributed by atoms with Crippen LogP contribution in [0.2, 0.25) is 0 Å². The minimum absolute atomic E-state index is 0.177. The maximum atomic E-state index is 12.0. The van der Waals surface area contributed by atoms with Crippen molar-refractivity contribution in [1.29, 1.82) is 0 Å². The monoisotopic (exact) mass is 857 g/mol. The zero-order valence-corrected chi connectivity index (χ0v) is 36.0. The van der Waals surface area contributed by atoms with E-state index in [2.05, 4.69) is 73.6 Å². The van der Waals surface area contributed by atoms with Gasteiger partial charge in [0.15, 0.2) is 5.71 Å². The molecule has 0 atom stereocenters. The highest BCUT2D eigenvalue weighted by Gasteiger charge is 2.45. The number of carboxylic acid groups (broad SMARTS) is 2. The van der Waals surface area contributed by atoms with Gasteiger partial charge < -0.3 is 15.1 Å². The van der Waals surface area contributed by atoms with Crippen molar-refractivity contribution in [3.05, 3.63) is 136 Å². The molecule has 318 valence electrons. The lowest BCUT2D eigenvalue weighted by molar-refractivity contribution is -0.438. The van der Waals surface area contributed by atoms with Gasteiger partial charge in [-0.25, -0.2) is 9.59 Å². The summed E-state index contributed by atoms with van der Waals surface area (Å²) in [4.78, 5) is 26.1. The van der Waals surface area contributed by atoms with Gasteiger partial charge in [0.05, 0.1) is 28.0 Å². The van der Waals surface area contributed by atoms with Gasteiger partial charge >= 0.3 is 11.9 Å². The fourth-order valence-electron chi connectivity index (χ4n) is 8.80. The number of fused-ring (bicyclic) bond motifs is 2. The highest BCUT2D eigenvalue weighted by molar-refractivity contribution is 7.86. The number of unbranched alkanes of at least 4 members (excludes halogenated alkanes) is 2. The smallest absolute Gasteiger partial charge is 0.335 e. The average molecular weight is 858 g/mol. The van der Waals surface area contributed by atoms with E-state index in [1.54, 1.807) is 36.4 Å². The zero-order chi connectivity index (χ0) is 43.6. The lowest BCUT2D eigenvalue weighted by Crippen LogP contribution is -2.28. The minimum atomic E-state index is -4.12. The first-order chi connectivity index (χ1) is 28.2. The third-order valence-electron chi connectivity index (χ3n) is 11.8. The first-order valence-corrected chi connectivity index (χ1v) is 23.4. The van der Waals surface area contributed by atoms with Crippen LogP contribution in [0.4, 0.5) is 11.4 Å². The van der Waals surface area contributed by atoms with E-state index in [1.165, 1.54) is 0 Å². The van der Waals surface area contributed by atoms with Gasteiger partial charge in [-0.2, -0.15) is 21.4 Å². The van der Waals surface area contributed by atoms with Gasteiger partial charge in [0.2, 0.25) is 5.69 Å². The van der Waals surface area contributed by atoms with Crippen LogP contribution < -0.4 is 4.90 Å². The quantitative estimate of drug-likeness (QED) is 0.0613. The van der Waals surface area contributed by atoms with Gasteiger partial charge in [-0.3, -0.25) is 9.11 Å². The van der Waals surface area contributed by atoms with Crippen LogP contribution in [0.5, 0.6) is 0 Å². The van der Waals surface area contributed by atoms with E-state index in [0.29, 0.717) is 25.9 Å². The van der Waals surface area contributed by atoms with Gasteiger partial charge in [0.25, 0.3) is 20.2 Å². The molecule has 0 bridgehead atoms. The largest absolute Gasteiger partial charge is 0.478 e. The molecule has 0 radical (unpaired) electrons. The Balaban J connectivity index is 1.44. The predicted octanol–water partition coefficient (Wildman–Crippen LogP) is 8.60. The second kappa shape index (κ2) is 17.4. The Morgan fingerprint density at radius 3 is 1.98 bits per heavy atom. The molecule has 3 aliphatic rings. The van der Waals surface area contributed by atoms with Gasteiger partial charge in [-0.15, -0.1) is 0 Å². The van der Waals surface area contributed by atoms with E-state index in [4.69, 9.17) is 0 Å². The molecular formula is C46H53N2O10S2+. The molecule has 12 nitrogen and oxygen atoms in total. The first-order valence-electron chi connectivity index (χ1n) is 20.2. The van der Waals surface area contributed by atoms with Crippen LogP contribution in [0.1, 0.15) is 110 Å². The maximum absolute atomic E-state index is 12.0. The van der Waals surface area contributed by atoms with Crippen molar-refractivity contribution < 1.29 is 50.3 Å². The number of benzene rings is 3. The Bertz CT molecular complexity index is 2580. The number of allylic oxidation sites excluding steroid dienone is 8. The number of carboxylic acids is 2. The van der Waals surface area contributed by atoms with Crippen LogP contribution in [0, 0.1) is 0 Å². The Kier molecular flexibility index (Phi) is 12.9. The molecule has 0 fully saturated rings. The van der Waals surface area contributed by atoms with Crippen LogP contribution in [0.25, 0.3) is 5.57 Å². The number of carbonyl (C=O) groups is 2. The average Bonchev–Trinajstić information content (AvgIpc) is 3.52. The summed E-state index contributed by atoms with van der Waals surface area (Å²) in [6.07, 6.45) is 12.4. The number of anilines is 1. The molecule has 0 aromatic heterocycles. The van der Waals surface area contributed by atoms with E-state index in [1.807, 2.05) is 18.2 Å². The van der Waals surface area contributed by atoms with Crippen molar-refractivity contribution in [1.82, 2.24) is 0 Å². The Labute approximate surface area is 352 Å². The van der Waals surface area contributed by atoms with Crippen molar-refractivity contribution in [2.45, 2.75) is 83.5 Å². The SMILES string of the molecule is CC1(C)C(=CC=C2CCCC(C=CC3=[N+](CCCCS(=O)(=O)O)c4ccc(C(=O)O)cc4C3(C)C)=C2c2ccccc2)N(CCCCS(=O)(=O)O)c2ccc(C(=O)O)cc21. The molecule has 1 aliphatic carbocycles. The van der Waals surface area contributed by atoms with Crippen LogP contribution in [0.3, 0.4) is 0 Å². The molecular weight excluding hydrogens is 805 g/mol. The molecule has 0 amide bonds. The Morgan fingerprint density at radius 2 is 1.35 bits per heavy atom. The first kappa shape index (κ1) is 44.4. The van der Waals surface area contributed by atoms with Gasteiger partial charge in [-0.1, -0.05) is 56.3 Å². The molecule has 3 aromatic rings. The van der Waals surface area contributed by atoms with E-state index in [9.17, 15) is 45.7 Å². The van der Waals surface area contributed by atoms with E-state index < -0.39 is 43.0 Å². The molecule has 3 aromatic carbocycles. The Hall–Kier alpha value is -5.15. The molecule has 0 saturated carbocycles. The summed E-state index contributed by atoms with van der Waals surface area (Å²) >= 11 is 0. The number of nitrogens with zero attached hydrogens (tertiary/aromatic N) is 2. The molecule has 4 N–H and O–H groups in total. The van der Waals surface area contributed by atoms with Crippen LogP contribution in [-0.2, 0) is 31.1 Å². The third kappa shape index (κ3) is 9.73. The van der Waals surface area contributed by atoms with Crippen molar-refractivity contribution in [3.8, 4) is 0 Å². The molecule has 2 heterocycles. The van der Waals surface area contributed by atoms with Crippen LogP contribution >= 0.6 is 0 Å². The van der Waals surface area contributed by atoms with Gasteiger partial charge in [-0.05, 0) is 117 Å². The standard InChI is InChI=1S/C46H52N2O10S2/c1-45(2)36-29-34(43(49)50)17-21-38(36)47(25-8-10-27-59(53,54)55)40(45)23-19-32-15-12-16-33(42(32)31-13-6-5-7-14-31)20-24-41-46(3,4)37-30-35(44(51)52)18-22-39(37)48(41)26-9-11-28-60(56,57)58/h5-7,13-14,17-24,29-30H,8-12,15-16,25-28H2,1-4H3,(H3-,49,50,51,52,53,54,55,56,57,58)/p+1. The van der Waals surface area contributed by atoms with Gasteiger partial charge in [0.1, 0.15) is 6.54 Å². The molecule has 60 heavy (non-hydrogen) atoms. The number of hydrogen-bond acceptors (Lipinski definition) is 7.